The van der Waals surface area contributed by atoms with Crippen molar-refractivity contribution in [3.63, 3.8) is 0 Å². The summed E-state index contributed by atoms with van der Waals surface area (Å²) in [5, 5.41) is 3.92. The smallest absolute Gasteiger partial charge is 0.109 e. The van der Waals surface area contributed by atoms with E-state index in [-0.39, 0.29) is 37.5 Å². The lowest BCUT2D eigenvalue weighted by Gasteiger charge is -2.34. The standard InChI is InChI=1S/C12H16ClFN2.2ClH/c13-11-4-2-1-3-10(11)12(9-14)16-7-5-15-6-8-16;;/h1-4,12,15H,5-9H2;2*1H/t12-;;/m0../s1. The molecule has 1 aliphatic heterocycles. The van der Waals surface area contributed by atoms with Gasteiger partial charge in [-0.2, -0.15) is 0 Å². The Balaban J connectivity index is 0.00000144. The zero-order valence-electron chi connectivity index (χ0n) is 9.94. The Kier molecular flexibility index (Phi) is 8.91. The van der Waals surface area contributed by atoms with Crippen LogP contribution in [0.1, 0.15) is 11.6 Å². The first kappa shape index (κ1) is 17.9. The lowest BCUT2D eigenvalue weighted by atomic mass is 10.1. The van der Waals surface area contributed by atoms with Gasteiger partial charge >= 0.3 is 0 Å². The Morgan fingerprint density at radius 2 is 1.83 bits per heavy atom. The number of benzene rings is 1. The fourth-order valence-electron chi connectivity index (χ4n) is 2.12. The Bertz CT molecular complexity index is 346. The maximum atomic E-state index is 13.2. The molecule has 1 atom stereocenters. The van der Waals surface area contributed by atoms with Crippen molar-refractivity contribution >= 4 is 36.4 Å². The van der Waals surface area contributed by atoms with Gasteiger partial charge in [0.25, 0.3) is 0 Å². The van der Waals surface area contributed by atoms with Crippen LogP contribution in [0.5, 0.6) is 0 Å². The molecule has 1 aliphatic rings. The van der Waals surface area contributed by atoms with Gasteiger partial charge in [0.1, 0.15) is 6.67 Å². The molecule has 18 heavy (non-hydrogen) atoms. The normalized spacial score (nSPS) is 17.4. The minimum atomic E-state index is -0.385. The first-order chi connectivity index (χ1) is 7.83. The summed E-state index contributed by atoms with van der Waals surface area (Å²) < 4.78 is 13.2. The second-order valence-corrected chi connectivity index (χ2v) is 4.38. The summed E-state index contributed by atoms with van der Waals surface area (Å²) in [5.74, 6) is 0. The molecule has 0 amide bonds. The molecule has 6 heteroatoms. The summed E-state index contributed by atoms with van der Waals surface area (Å²) in [6.07, 6.45) is 0. The van der Waals surface area contributed by atoms with Crippen LogP contribution >= 0.6 is 36.4 Å². The molecular weight excluding hydrogens is 298 g/mol. The number of piperazine rings is 1. The summed E-state index contributed by atoms with van der Waals surface area (Å²) in [4.78, 5) is 2.15. The molecule has 0 saturated carbocycles. The van der Waals surface area contributed by atoms with Crippen LogP contribution < -0.4 is 5.32 Å². The summed E-state index contributed by atoms with van der Waals surface area (Å²) in [5.41, 5.74) is 0.897. The molecule has 1 saturated heterocycles. The molecular formula is C12H18Cl3FN2. The van der Waals surface area contributed by atoms with E-state index in [2.05, 4.69) is 10.2 Å². The Morgan fingerprint density at radius 3 is 2.39 bits per heavy atom. The van der Waals surface area contributed by atoms with E-state index in [9.17, 15) is 4.39 Å². The number of halogens is 4. The fraction of sp³-hybridized carbons (Fsp3) is 0.500. The third kappa shape index (κ3) is 4.25. The monoisotopic (exact) mass is 314 g/mol. The van der Waals surface area contributed by atoms with E-state index in [0.29, 0.717) is 5.02 Å². The third-order valence-corrected chi connectivity index (χ3v) is 3.35. The van der Waals surface area contributed by atoms with Crippen LogP contribution in [-0.4, -0.2) is 37.8 Å². The van der Waals surface area contributed by atoms with Crippen molar-refractivity contribution < 1.29 is 4.39 Å². The van der Waals surface area contributed by atoms with Crippen molar-refractivity contribution in [2.45, 2.75) is 6.04 Å². The summed E-state index contributed by atoms with van der Waals surface area (Å²) >= 11 is 6.11. The van der Waals surface area contributed by atoms with E-state index in [0.717, 1.165) is 31.7 Å². The number of nitrogens with zero attached hydrogens (tertiary/aromatic N) is 1. The molecule has 0 unspecified atom stereocenters. The average Bonchev–Trinajstić information content (AvgIpc) is 2.34. The molecule has 1 heterocycles. The van der Waals surface area contributed by atoms with Gasteiger partial charge in [-0.25, -0.2) is 4.39 Å². The van der Waals surface area contributed by atoms with Gasteiger partial charge in [-0.1, -0.05) is 29.8 Å². The van der Waals surface area contributed by atoms with Crippen molar-refractivity contribution in [3.05, 3.63) is 34.9 Å². The van der Waals surface area contributed by atoms with Gasteiger partial charge in [0.15, 0.2) is 0 Å². The minimum Gasteiger partial charge on any atom is -0.314 e. The van der Waals surface area contributed by atoms with E-state index < -0.39 is 0 Å². The molecule has 2 nitrogen and oxygen atoms in total. The minimum absolute atomic E-state index is 0. The Labute approximate surface area is 125 Å². The molecule has 0 bridgehead atoms. The Hall–Kier alpha value is -0.0600. The van der Waals surface area contributed by atoms with Gasteiger partial charge in [0.05, 0.1) is 6.04 Å². The van der Waals surface area contributed by atoms with E-state index in [4.69, 9.17) is 11.6 Å². The van der Waals surface area contributed by atoms with Gasteiger partial charge in [-0.15, -0.1) is 24.8 Å². The number of hydrogen-bond donors (Lipinski definition) is 1. The zero-order valence-corrected chi connectivity index (χ0v) is 12.3. The van der Waals surface area contributed by atoms with Crippen LogP contribution in [0.3, 0.4) is 0 Å². The van der Waals surface area contributed by atoms with Crippen LogP contribution in [0.2, 0.25) is 5.02 Å². The summed E-state index contributed by atoms with van der Waals surface area (Å²) in [6.45, 7) is 3.20. The molecule has 1 fully saturated rings. The fourth-order valence-corrected chi connectivity index (χ4v) is 2.38. The van der Waals surface area contributed by atoms with Crippen molar-refractivity contribution in [2.75, 3.05) is 32.9 Å². The average molecular weight is 316 g/mol. The van der Waals surface area contributed by atoms with Crippen LogP contribution in [0, 0.1) is 0 Å². The maximum absolute atomic E-state index is 13.2. The van der Waals surface area contributed by atoms with E-state index in [1.165, 1.54) is 0 Å². The molecule has 1 aromatic carbocycles. The van der Waals surface area contributed by atoms with Gasteiger partial charge in [-0.3, -0.25) is 4.90 Å². The largest absolute Gasteiger partial charge is 0.314 e. The van der Waals surface area contributed by atoms with Crippen molar-refractivity contribution in [3.8, 4) is 0 Å². The van der Waals surface area contributed by atoms with Crippen LogP contribution in [0.4, 0.5) is 4.39 Å². The highest BCUT2D eigenvalue weighted by atomic mass is 35.5. The lowest BCUT2D eigenvalue weighted by Crippen LogP contribution is -2.45. The molecule has 0 radical (unpaired) electrons. The molecule has 1 N–H and O–H groups in total. The van der Waals surface area contributed by atoms with Crippen molar-refractivity contribution in [1.82, 2.24) is 10.2 Å². The highest BCUT2D eigenvalue weighted by molar-refractivity contribution is 6.31. The first-order valence-corrected chi connectivity index (χ1v) is 5.96. The maximum Gasteiger partial charge on any atom is 0.109 e. The number of alkyl halides is 1. The highest BCUT2D eigenvalue weighted by Crippen LogP contribution is 2.27. The molecule has 2 rings (SSSR count). The van der Waals surface area contributed by atoms with E-state index in [1.807, 2.05) is 24.3 Å². The van der Waals surface area contributed by atoms with E-state index >= 15 is 0 Å². The van der Waals surface area contributed by atoms with Crippen LogP contribution in [0.15, 0.2) is 24.3 Å². The van der Waals surface area contributed by atoms with Crippen molar-refractivity contribution in [2.24, 2.45) is 0 Å². The second-order valence-electron chi connectivity index (χ2n) is 3.98. The molecule has 104 valence electrons. The van der Waals surface area contributed by atoms with Crippen molar-refractivity contribution in [1.29, 1.82) is 0 Å². The van der Waals surface area contributed by atoms with Gasteiger partial charge in [-0.05, 0) is 11.6 Å². The quantitative estimate of drug-likeness (QED) is 0.922. The topological polar surface area (TPSA) is 15.3 Å². The van der Waals surface area contributed by atoms with Gasteiger partial charge in [0, 0.05) is 31.2 Å². The van der Waals surface area contributed by atoms with Gasteiger partial charge < -0.3 is 5.32 Å². The number of rotatable bonds is 3. The SMILES string of the molecule is Cl.Cl.FC[C@@H](c1ccccc1Cl)N1CCNCC1. The number of hydrogen-bond acceptors (Lipinski definition) is 2. The van der Waals surface area contributed by atoms with Gasteiger partial charge in [0.2, 0.25) is 0 Å². The predicted octanol–water partition coefficient (Wildman–Crippen LogP) is 3.10. The van der Waals surface area contributed by atoms with Crippen LogP contribution in [-0.2, 0) is 0 Å². The third-order valence-electron chi connectivity index (χ3n) is 3.00. The molecule has 1 aromatic rings. The summed E-state index contributed by atoms with van der Waals surface area (Å²) in [6, 6.07) is 7.32. The first-order valence-electron chi connectivity index (χ1n) is 5.58. The molecule has 0 aromatic heterocycles. The Morgan fingerprint density at radius 1 is 1.22 bits per heavy atom. The lowest BCUT2D eigenvalue weighted by molar-refractivity contribution is 0.147. The molecule has 0 spiro atoms. The predicted molar refractivity (Wildman–Crippen MR) is 79.1 cm³/mol. The zero-order chi connectivity index (χ0) is 11.4. The number of nitrogens with one attached hydrogen (secondary N) is 1. The molecule has 0 aliphatic carbocycles. The van der Waals surface area contributed by atoms with Crippen LogP contribution in [0.25, 0.3) is 0 Å². The van der Waals surface area contributed by atoms with E-state index in [1.54, 1.807) is 0 Å². The summed E-state index contributed by atoms with van der Waals surface area (Å²) in [7, 11) is 0. The highest BCUT2D eigenvalue weighted by Gasteiger charge is 2.23. The second kappa shape index (κ2) is 8.94.